The molecule has 0 aliphatic carbocycles. The highest BCUT2D eigenvalue weighted by Gasteiger charge is 2.05. The maximum Gasteiger partial charge on any atom is 0.191 e. The fraction of sp³-hybridized carbons (Fsp3) is 0.692. The van der Waals surface area contributed by atoms with Crippen LogP contribution in [0.15, 0.2) is 4.99 Å². The summed E-state index contributed by atoms with van der Waals surface area (Å²) in [6, 6.07) is 0.433. The lowest BCUT2D eigenvalue weighted by molar-refractivity contribution is 0.624. The predicted molar refractivity (Wildman–Crippen MR) is 94.7 cm³/mol. The molecule has 4 nitrogen and oxygen atoms in total. The van der Waals surface area contributed by atoms with Crippen molar-refractivity contribution in [1.29, 1.82) is 0 Å². The van der Waals surface area contributed by atoms with Crippen LogP contribution in [0.1, 0.15) is 42.8 Å². The van der Waals surface area contributed by atoms with E-state index in [-0.39, 0.29) is 24.0 Å². The normalized spacial score (nSPS) is 12.8. The number of hydrogen-bond acceptors (Lipinski definition) is 3. The van der Waals surface area contributed by atoms with Gasteiger partial charge in [-0.25, -0.2) is 9.98 Å². The second-order valence-corrected chi connectivity index (χ2v) is 5.69. The van der Waals surface area contributed by atoms with Crippen LogP contribution >= 0.6 is 35.3 Å². The summed E-state index contributed by atoms with van der Waals surface area (Å²) in [7, 11) is 0. The smallest absolute Gasteiger partial charge is 0.191 e. The zero-order valence-corrected chi connectivity index (χ0v) is 15.6. The minimum atomic E-state index is 0. The first-order valence-corrected chi connectivity index (χ1v) is 7.36. The third-order valence-corrected chi connectivity index (χ3v) is 3.84. The number of aryl methyl sites for hydroxylation is 2. The van der Waals surface area contributed by atoms with Crippen LogP contribution in [0.2, 0.25) is 0 Å². The lowest BCUT2D eigenvalue weighted by atomic mass is 10.3. The molecule has 0 aliphatic rings. The Morgan fingerprint density at radius 3 is 2.53 bits per heavy atom. The van der Waals surface area contributed by atoms with Gasteiger partial charge >= 0.3 is 0 Å². The second-order valence-electron chi connectivity index (χ2n) is 4.40. The minimum absolute atomic E-state index is 0. The van der Waals surface area contributed by atoms with Crippen LogP contribution in [0.3, 0.4) is 0 Å². The van der Waals surface area contributed by atoms with Gasteiger partial charge in [0, 0.05) is 17.5 Å². The van der Waals surface area contributed by atoms with Gasteiger partial charge in [0.2, 0.25) is 0 Å². The number of aliphatic imine (C=N–C) groups is 1. The van der Waals surface area contributed by atoms with E-state index in [1.165, 1.54) is 4.88 Å². The summed E-state index contributed by atoms with van der Waals surface area (Å²) in [5.41, 5.74) is 1.12. The van der Waals surface area contributed by atoms with Gasteiger partial charge in [-0.05, 0) is 34.1 Å². The zero-order valence-electron chi connectivity index (χ0n) is 12.4. The average molecular weight is 396 g/mol. The van der Waals surface area contributed by atoms with Gasteiger partial charge in [-0.1, -0.05) is 6.92 Å². The van der Waals surface area contributed by atoms with Crippen molar-refractivity contribution in [1.82, 2.24) is 15.6 Å². The number of hydrogen-bond donors (Lipinski definition) is 2. The number of nitrogens with one attached hydrogen (secondary N) is 2. The molecule has 1 aromatic rings. The van der Waals surface area contributed by atoms with Gasteiger partial charge in [0.25, 0.3) is 0 Å². The van der Waals surface area contributed by atoms with Crippen molar-refractivity contribution < 1.29 is 0 Å². The van der Waals surface area contributed by atoms with Gasteiger partial charge in [-0.15, -0.1) is 35.3 Å². The molecule has 19 heavy (non-hydrogen) atoms. The Morgan fingerprint density at radius 1 is 1.37 bits per heavy atom. The molecule has 1 heterocycles. The summed E-state index contributed by atoms with van der Waals surface area (Å²) in [5.74, 6) is 0.873. The Morgan fingerprint density at radius 2 is 2.05 bits per heavy atom. The van der Waals surface area contributed by atoms with Crippen molar-refractivity contribution >= 4 is 41.3 Å². The van der Waals surface area contributed by atoms with E-state index in [1.807, 2.05) is 6.92 Å². The minimum Gasteiger partial charge on any atom is -0.357 e. The van der Waals surface area contributed by atoms with E-state index in [9.17, 15) is 0 Å². The molecule has 0 spiro atoms. The van der Waals surface area contributed by atoms with E-state index in [0.29, 0.717) is 12.6 Å². The molecule has 0 saturated heterocycles. The van der Waals surface area contributed by atoms with Crippen LogP contribution in [0.5, 0.6) is 0 Å². The number of nitrogens with zero attached hydrogens (tertiary/aromatic N) is 2. The molecule has 1 unspecified atom stereocenters. The van der Waals surface area contributed by atoms with Crippen LogP contribution in [0.25, 0.3) is 0 Å². The molecule has 1 aromatic heterocycles. The van der Waals surface area contributed by atoms with E-state index in [0.717, 1.165) is 29.6 Å². The molecule has 0 amide bonds. The van der Waals surface area contributed by atoms with Gasteiger partial charge in [-0.2, -0.15) is 0 Å². The summed E-state index contributed by atoms with van der Waals surface area (Å²) in [6.07, 6.45) is 1.08. The highest BCUT2D eigenvalue weighted by molar-refractivity contribution is 14.0. The van der Waals surface area contributed by atoms with Crippen LogP contribution in [0.4, 0.5) is 0 Å². The zero-order chi connectivity index (χ0) is 13.5. The Hall–Kier alpha value is -0.370. The quantitative estimate of drug-likeness (QED) is 0.457. The maximum atomic E-state index is 4.57. The molecule has 0 aliphatic heterocycles. The molecule has 0 radical (unpaired) electrons. The van der Waals surface area contributed by atoms with Gasteiger partial charge in [0.05, 0.1) is 12.2 Å². The third kappa shape index (κ3) is 6.56. The van der Waals surface area contributed by atoms with Crippen molar-refractivity contribution in [2.45, 2.75) is 53.6 Å². The second kappa shape index (κ2) is 9.52. The number of thiazole rings is 1. The van der Waals surface area contributed by atoms with E-state index < -0.39 is 0 Å². The van der Waals surface area contributed by atoms with Crippen molar-refractivity contribution in [3.05, 3.63) is 15.6 Å². The first-order chi connectivity index (χ1) is 8.56. The molecule has 1 atom stereocenters. The molecule has 0 bridgehead atoms. The summed E-state index contributed by atoms with van der Waals surface area (Å²) >= 11 is 1.73. The van der Waals surface area contributed by atoms with Gasteiger partial charge < -0.3 is 10.6 Å². The number of guanidine groups is 1. The average Bonchev–Trinajstić information content (AvgIpc) is 2.66. The number of halogens is 1. The Bertz CT molecular complexity index is 384. The van der Waals surface area contributed by atoms with Gasteiger partial charge in [-0.3, -0.25) is 0 Å². The van der Waals surface area contributed by atoms with Crippen molar-refractivity contribution in [2.75, 3.05) is 6.54 Å². The molecular formula is C13H25IN4S. The van der Waals surface area contributed by atoms with Crippen LogP contribution in [-0.4, -0.2) is 23.5 Å². The van der Waals surface area contributed by atoms with E-state index in [4.69, 9.17) is 0 Å². The van der Waals surface area contributed by atoms with Crippen LogP contribution < -0.4 is 10.6 Å². The monoisotopic (exact) mass is 396 g/mol. The van der Waals surface area contributed by atoms with E-state index in [1.54, 1.807) is 11.3 Å². The fourth-order valence-electron chi connectivity index (χ4n) is 1.41. The highest BCUT2D eigenvalue weighted by Crippen LogP contribution is 2.16. The van der Waals surface area contributed by atoms with E-state index >= 15 is 0 Å². The highest BCUT2D eigenvalue weighted by atomic mass is 127. The molecule has 2 N–H and O–H groups in total. The topological polar surface area (TPSA) is 49.3 Å². The first-order valence-electron chi connectivity index (χ1n) is 6.54. The van der Waals surface area contributed by atoms with Crippen LogP contribution in [0, 0.1) is 13.8 Å². The molecule has 6 heteroatoms. The first kappa shape index (κ1) is 18.6. The largest absolute Gasteiger partial charge is 0.357 e. The van der Waals surface area contributed by atoms with Gasteiger partial charge in [0.1, 0.15) is 5.01 Å². The molecule has 0 fully saturated rings. The number of rotatable bonds is 5. The Kier molecular flexibility index (Phi) is 9.34. The van der Waals surface area contributed by atoms with Gasteiger partial charge in [0.15, 0.2) is 5.96 Å². The molecule has 0 saturated carbocycles. The maximum absolute atomic E-state index is 4.57. The summed E-state index contributed by atoms with van der Waals surface area (Å²) in [5, 5.41) is 7.71. The fourth-order valence-corrected chi connectivity index (χ4v) is 2.27. The Labute approximate surface area is 137 Å². The standard InChI is InChI=1S/C13H24N4S.HI/c1-6-9(3)16-13(14-7-2)15-8-12-17-10(4)11(5)18-12;/h9H,6-8H2,1-5H3,(H2,14,15,16);1H. The molecular weight excluding hydrogens is 371 g/mol. The molecule has 1 rings (SSSR count). The lowest BCUT2D eigenvalue weighted by Crippen LogP contribution is -2.41. The summed E-state index contributed by atoms with van der Waals surface area (Å²) < 4.78 is 0. The van der Waals surface area contributed by atoms with Crippen molar-refractivity contribution in [3.8, 4) is 0 Å². The number of aromatic nitrogens is 1. The van der Waals surface area contributed by atoms with Crippen molar-refractivity contribution in [2.24, 2.45) is 4.99 Å². The SMILES string of the molecule is CCNC(=NCc1nc(C)c(C)s1)NC(C)CC.I. The van der Waals surface area contributed by atoms with E-state index in [2.05, 4.69) is 48.3 Å². The van der Waals surface area contributed by atoms with Crippen LogP contribution in [-0.2, 0) is 6.54 Å². The Balaban J connectivity index is 0.00000324. The lowest BCUT2D eigenvalue weighted by Gasteiger charge is -2.15. The predicted octanol–water partition coefficient (Wildman–Crippen LogP) is 3.23. The molecule has 110 valence electrons. The molecule has 0 aromatic carbocycles. The van der Waals surface area contributed by atoms with Crippen molar-refractivity contribution in [3.63, 3.8) is 0 Å². The third-order valence-electron chi connectivity index (χ3n) is 2.78. The summed E-state index contributed by atoms with van der Waals surface area (Å²) in [6.45, 7) is 12.1. The summed E-state index contributed by atoms with van der Waals surface area (Å²) in [4.78, 5) is 10.3.